The van der Waals surface area contributed by atoms with Crippen LogP contribution in [0.3, 0.4) is 0 Å². The van der Waals surface area contributed by atoms with Crippen LogP contribution in [0.15, 0.2) is 48.8 Å². The summed E-state index contributed by atoms with van der Waals surface area (Å²) in [6, 6.07) is 12.0. The molecule has 0 bridgehead atoms. The molecule has 3 aromatic rings. The summed E-state index contributed by atoms with van der Waals surface area (Å²) in [5.74, 6) is 0.523. The number of aromatic nitrogens is 4. The van der Waals surface area contributed by atoms with Gasteiger partial charge in [0, 0.05) is 18.0 Å². The van der Waals surface area contributed by atoms with Crippen molar-refractivity contribution in [1.82, 2.24) is 20.0 Å². The molecule has 0 radical (unpaired) electrons. The number of nitrogens with two attached hydrogens (primary N) is 1. The van der Waals surface area contributed by atoms with Gasteiger partial charge in [0.1, 0.15) is 5.69 Å². The summed E-state index contributed by atoms with van der Waals surface area (Å²) in [7, 11) is 0. The minimum Gasteiger partial charge on any atom is -0.382 e. The number of hydrogen-bond acceptors (Lipinski definition) is 4. The van der Waals surface area contributed by atoms with E-state index in [4.69, 9.17) is 5.73 Å². The second-order valence-corrected chi connectivity index (χ2v) is 6.27. The number of pyridine rings is 1. The number of nitrogen functional groups attached to an aromatic ring is 1. The van der Waals surface area contributed by atoms with E-state index in [2.05, 4.69) is 48.2 Å². The number of rotatable bonds is 2. The zero-order chi connectivity index (χ0) is 15.7. The normalized spacial score (nSPS) is 11.6. The Morgan fingerprint density at radius 1 is 0.955 bits per heavy atom. The number of nitrogens with zero attached hydrogens (tertiary/aromatic N) is 4. The molecule has 0 aliphatic carbocycles. The molecule has 1 aromatic carbocycles. The third-order valence-corrected chi connectivity index (χ3v) is 3.64. The minimum absolute atomic E-state index is 0.120. The summed E-state index contributed by atoms with van der Waals surface area (Å²) in [6.45, 7) is 6.56. The molecule has 5 nitrogen and oxygen atoms in total. The highest BCUT2D eigenvalue weighted by Gasteiger charge is 2.15. The van der Waals surface area contributed by atoms with E-state index in [0.717, 1.165) is 11.3 Å². The molecule has 112 valence electrons. The summed E-state index contributed by atoms with van der Waals surface area (Å²) < 4.78 is 1.65. The summed E-state index contributed by atoms with van der Waals surface area (Å²) in [4.78, 5) is 4.00. The van der Waals surface area contributed by atoms with E-state index in [1.54, 1.807) is 17.1 Å². The summed E-state index contributed by atoms with van der Waals surface area (Å²) in [6.07, 6.45) is 3.43. The lowest BCUT2D eigenvalue weighted by Gasteiger charge is -2.19. The fourth-order valence-electron chi connectivity index (χ4n) is 2.30. The van der Waals surface area contributed by atoms with Crippen molar-refractivity contribution >= 4 is 5.82 Å². The molecule has 0 amide bonds. The molecule has 2 N–H and O–H groups in total. The van der Waals surface area contributed by atoms with Crippen LogP contribution < -0.4 is 5.73 Å². The lowest BCUT2D eigenvalue weighted by Crippen LogP contribution is -2.11. The van der Waals surface area contributed by atoms with E-state index in [0.29, 0.717) is 11.5 Å². The van der Waals surface area contributed by atoms with Crippen LogP contribution in [0.2, 0.25) is 0 Å². The summed E-state index contributed by atoms with van der Waals surface area (Å²) >= 11 is 0. The van der Waals surface area contributed by atoms with E-state index in [9.17, 15) is 0 Å². The molecule has 0 unspecified atom stereocenters. The van der Waals surface area contributed by atoms with Gasteiger partial charge in [0.15, 0.2) is 5.82 Å². The highest BCUT2D eigenvalue weighted by molar-refractivity contribution is 5.70. The number of anilines is 1. The summed E-state index contributed by atoms with van der Waals surface area (Å²) in [5.41, 5.74) is 10.1. The van der Waals surface area contributed by atoms with Gasteiger partial charge in [-0.2, -0.15) is 4.68 Å². The van der Waals surface area contributed by atoms with Crippen LogP contribution in [-0.4, -0.2) is 20.0 Å². The molecule has 2 aromatic heterocycles. The molecular formula is C17H19N5. The van der Waals surface area contributed by atoms with E-state index >= 15 is 0 Å². The van der Waals surface area contributed by atoms with Crippen molar-refractivity contribution in [2.75, 3.05) is 5.73 Å². The summed E-state index contributed by atoms with van der Waals surface area (Å²) in [5, 5.41) is 8.37. The van der Waals surface area contributed by atoms with Gasteiger partial charge in [0.05, 0.1) is 5.69 Å². The van der Waals surface area contributed by atoms with E-state index < -0.39 is 0 Å². The quantitative estimate of drug-likeness (QED) is 0.787. The molecule has 3 rings (SSSR count). The van der Waals surface area contributed by atoms with Crippen molar-refractivity contribution in [1.29, 1.82) is 0 Å². The van der Waals surface area contributed by atoms with Gasteiger partial charge in [-0.3, -0.25) is 4.98 Å². The van der Waals surface area contributed by atoms with Crippen LogP contribution in [0, 0.1) is 0 Å². The predicted octanol–water partition coefficient (Wildman–Crippen LogP) is 3.21. The van der Waals surface area contributed by atoms with Crippen LogP contribution in [0.25, 0.3) is 16.9 Å². The maximum absolute atomic E-state index is 6.21. The highest BCUT2D eigenvalue weighted by Crippen LogP contribution is 2.26. The Hall–Kier alpha value is -2.69. The van der Waals surface area contributed by atoms with Crippen molar-refractivity contribution in [2.24, 2.45) is 0 Å². The average Bonchev–Trinajstić information content (AvgIpc) is 2.89. The topological polar surface area (TPSA) is 69.6 Å². The maximum atomic E-state index is 6.21. The zero-order valence-electron chi connectivity index (χ0n) is 13.0. The first-order chi connectivity index (χ1) is 10.5. The first-order valence-corrected chi connectivity index (χ1v) is 7.19. The maximum Gasteiger partial charge on any atom is 0.155 e. The lowest BCUT2D eigenvalue weighted by molar-refractivity contribution is 0.590. The van der Waals surface area contributed by atoms with Crippen LogP contribution in [-0.2, 0) is 5.41 Å². The Kier molecular flexibility index (Phi) is 3.41. The molecule has 2 heterocycles. The fraction of sp³-hybridized carbons (Fsp3) is 0.235. The molecule has 22 heavy (non-hydrogen) atoms. The van der Waals surface area contributed by atoms with Crippen LogP contribution in [0.5, 0.6) is 0 Å². The molecule has 0 aliphatic heterocycles. The third-order valence-electron chi connectivity index (χ3n) is 3.64. The molecule has 0 spiro atoms. The molecule has 0 fully saturated rings. The predicted molar refractivity (Wildman–Crippen MR) is 87.7 cm³/mol. The average molecular weight is 293 g/mol. The van der Waals surface area contributed by atoms with Crippen molar-refractivity contribution < 1.29 is 0 Å². The van der Waals surface area contributed by atoms with Crippen LogP contribution in [0.1, 0.15) is 26.3 Å². The second-order valence-electron chi connectivity index (χ2n) is 6.27. The largest absolute Gasteiger partial charge is 0.382 e. The van der Waals surface area contributed by atoms with Gasteiger partial charge in [-0.15, -0.1) is 5.10 Å². The smallest absolute Gasteiger partial charge is 0.155 e. The minimum atomic E-state index is 0.120. The first-order valence-electron chi connectivity index (χ1n) is 7.19. The SMILES string of the molecule is CC(C)(C)c1ccc(-n2nnc(-c3ccncc3)c2N)cc1. The van der Waals surface area contributed by atoms with Crippen LogP contribution in [0.4, 0.5) is 5.82 Å². The Balaban J connectivity index is 1.98. The van der Waals surface area contributed by atoms with Gasteiger partial charge >= 0.3 is 0 Å². The van der Waals surface area contributed by atoms with Gasteiger partial charge in [-0.25, -0.2) is 0 Å². The Morgan fingerprint density at radius 3 is 2.18 bits per heavy atom. The van der Waals surface area contributed by atoms with Crippen LogP contribution >= 0.6 is 0 Å². The Labute approximate surface area is 129 Å². The Morgan fingerprint density at radius 2 is 1.59 bits per heavy atom. The zero-order valence-corrected chi connectivity index (χ0v) is 13.0. The molecular weight excluding hydrogens is 274 g/mol. The van der Waals surface area contributed by atoms with Gasteiger partial charge in [-0.05, 0) is 35.2 Å². The second kappa shape index (κ2) is 5.26. The molecule has 0 saturated carbocycles. The van der Waals surface area contributed by atoms with Crippen molar-refractivity contribution in [3.05, 3.63) is 54.4 Å². The molecule has 0 atom stereocenters. The van der Waals surface area contributed by atoms with Gasteiger partial charge in [-0.1, -0.05) is 38.1 Å². The van der Waals surface area contributed by atoms with E-state index in [-0.39, 0.29) is 5.41 Å². The standard InChI is InChI=1S/C17H19N5/c1-17(2,3)13-4-6-14(7-5-13)22-16(18)15(20-21-22)12-8-10-19-11-9-12/h4-11H,18H2,1-3H3. The third kappa shape index (κ3) is 2.57. The first kappa shape index (κ1) is 14.3. The molecule has 5 heteroatoms. The number of benzene rings is 1. The Bertz CT molecular complexity index is 767. The van der Waals surface area contributed by atoms with Crippen molar-refractivity contribution in [2.45, 2.75) is 26.2 Å². The van der Waals surface area contributed by atoms with E-state index in [1.807, 2.05) is 24.3 Å². The highest BCUT2D eigenvalue weighted by atomic mass is 15.5. The fourth-order valence-corrected chi connectivity index (χ4v) is 2.30. The van der Waals surface area contributed by atoms with Crippen molar-refractivity contribution in [3.8, 4) is 16.9 Å². The van der Waals surface area contributed by atoms with Gasteiger partial charge in [0.25, 0.3) is 0 Å². The van der Waals surface area contributed by atoms with Gasteiger partial charge < -0.3 is 5.73 Å². The monoisotopic (exact) mass is 293 g/mol. The molecule has 0 aliphatic rings. The van der Waals surface area contributed by atoms with E-state index in [1.165, 1.54) is 5.56 Å². The molecule has 0 saturated heterocycles. The lowest BCUT2D eigenvalue weighted by atomic mass is 9.87. The van der Waals surface area contributed by atoms with Crippen molar-refractivity contribution in [3.63, 3.8) is 0 Å². The van der Waals surface area contributed by atoms with Gasteiger partial charge in [0.2, 0.25) is 0 Å². The number of hydrogen-bond donors (Lipinski definition) is 1.